The third-order valence-corrected chi connectivity index (χ3v) is 4.06. The minimum atomic E-state index is -4.27. The van der Waals surface area contributed by atoms with Crippen LogP contribution in [0.1, 0.15) is 19.3 Å². The van der Waals surface area contributed by atoms with Crippen molar-refractivity contribution in [3.8, 4) is 0 Å². The van der Waals surface area contributed by atoms with Gasteiger partial charge in [0.15, 0.2) is 0 Å². The molecule has 0 amide bonds. The molecule has 0 aromatic carbocycles. The van der Waals surface area contributed by atoms with Gasteiger partial charge in [-0.3, -0.25) is 4.90 Å². The van der Waals surface area contributed by atoms with Crippen LogP contribution in [-0.4, -0.2) is 67.8 Å². The Balaban J connectivity index is 1.75. The predicted molar refractivity (Wildman–Crippen MR) is 66.4 cm³/mol. The molecule has 20 heavy (non-hydrogen) atoms. The Kier molecular flexibility index (Phi) is 5.65. The van der Waals surface area contributed by atoms with Gasteiger partial charge in [0.25, 0.3) is 0 Å². The average Bonchev–Trinajstić information content (AvgIpc) is 2.82. The highest BCUT2D eigenvalue weighted by molar-refractivity contribution is 4.89. The second-order valence-corrected chi connectivity index (χ2v) is 5.51. The normalized spacial score (nSPS) is 32.7. The first kappa shape index (κ1) is 16.0. The van der Waals surface area contributed by atoms with Crippen LogP contribution in [0.25, 0.3) is 0 Å². The molecule has 4 nitrogen and oxygen atoms in total. The summed E-state index contributed by atoms with van der Waals surface area (Å²) >= 11 is 0. The number of alkyl halides is 3. The Labute approximate surface area is 116 Å². The predicted octanol–water partition coefficient (Wildman–Crippen LogP) is 1.43. The summed E-state index contributed by atoms with van der Waals surface area (Å²) in [6.45, 7) is 1.32. The van der Waals surface area contributed by atoms with E-state index in [1.165, 1.54) is 0 Å². The van der Waals surface area contributed by atoms with E-state index in [0.29, 0.717) is 26.2 Å². The molecular weight excluding hydrogens is 275 g/mol. The first-order chi connectivity index (χ1) is 9.47. The summed E-state index contributed by atoms with van der Waals surface area (Å²) in [4.78, 5) is 2.12. The fraction of sp³-hybridized carbons (Fsp3) is 1.00. The van der Waals surface area contributed by atoms with E-state index in [-0.39, 0.29) is 24.7 Å². The van der Waals surface area contributed by atoms with Gasteiger partial charge in [0.05, 0.1) is 19.3 Å². The van der Waals surface area contributed by atoms with Crippen LogP contribution in [0.15, 0.2) is 0 Å². The number of hydrogen-bond acceptors (Lipinski definition) is 4. The van der Waals surface area contributed by atoms with E-state index in [0.717, 1.165) is 19.4 Å². The molecule has 118 valence electrons. The molecule has 2 rings (SSSR count). The minimum Gasteiger partial charge on any atom is -0.393 e. The molecule has 3 unspecified atom stereocenters. The smallest absolute Gasteiger partial charge is 0.393 e. The lowest BCUT2D eigenvalue weighted by Crippen LogP contribution is -2.47. The van der Waals surface area contributed by atoms with Crippen LogP contribution in [0, 0.1) is 5.92 Å². The Morgan fingerprint density at radius 1 is 1.30 bits per heavy atom. The fourth-order valence-corrected chi connectivity index (χ4v) is 3.10. The molecule has 0 aromatic rings. The van der Waals surface area contributed by atoms with E-state index >= 15 is 0 Å². The zero-order valence-corrected chi connectivity index (χ0v) is 11.4. The number of aliphatic hydroxyl groups is 1. The molecule has 2 fully saturated rings. The van der Waals surface area contributed by atoms with E-state index in [9.17, 15) is 18.3 Å². The van der Waals surface area contributed by atoms with Gasteiger partial charge in [-0.05, 0) is 25.8 Å². The quantitative estimate of drug-likeness (QED) is 0.780. The summed E-state index contributed by atoms with van der Waals surface area (Å²) in [5.41, 5.74) is 0. The third kappa shape index (κ3) is 4.58. The van der Waals surface area contributed by atoms with Gasteiger partial charge in [0.2, 0.25) is 0 Å². The van der Waals surface area contributed by atoms with Gasteiger partial charge in [0, 0.05) is 25.1 Å². The van der Waals surface area contributed by atoms with Crippen molar-refractivity contribution >= 4 is 0 Å². The standard InChI is InChI=1S/C13H22F3NO3/c14-13(15,16)9-20-7-5-17-4-1-2-11(17)10-8-19-6-3-12(10)18/h10-12,18H,1-9H2. The van der Waals surface area contributed by atoms with Crippen LogP contribution < -0.4 is 0 Å². The van der Waals surface area contributed by atoms with Crippen molar-refractivity contribution in [3.05, 3.63) is 0 Å². The lowest BCUT2D eigenvalue weighted by atomic mass is 9.89. The molecular formula is C13H22F3NO3. The molecule has 3 atom stereocenters. The molecule has 0 radical (unpaired) electrons. The molecule has 0 bridgehead atoms. The lowest BCUT2D eigenvalue weighted by molar-refractivity contribution is -0.175. The lowest BCUT2D eigenvalue weighted by Gasteiger charge is -2.37. The van der Waals surface area contributed by atoms with Gasteiger partial charge in [-0.2, -0.15) is 13.2 Å². The molecule has 0 aliphatic carbocycles. The van der Waals surface area contributed by atoms with E-state index in [2.05, 4.69) is 9.64 Å². The topological polar surface area (TPSA) is 41.9 Å². The number of hydrogen-bond donors (Lipinski definition) is 1. The van der Waals surface area contributed by atoms with Crippen molar-refractivity contribution in [2.45, 2.75) is 37.6 Å². The molecule has 2 saturated heterocycles. The second kappa shape index (κ2) is 7.06. The molecule has 0 spiro atoms. The van der Waals surface area contributed by atoms with E-state index in [1.807, 2.05) is 0 Å². The highest BCUT2D eigenvalue weighted by Crippen LogP contribution is 2.29. The largest absolute Gasteiger partial charge is 0.411 e. The maximum absolute atomic E-state index is 12.0. The van der Waals surface area contributed by atoms with E-state index in [4.69, 9.17) is 4.74 Å². The molecule has 1 N–H and O–H groups in total. The van der Waals surface area contributed by atoms with Crippen molar-refractivity contribution in [2.24, 2.45) is 5.92 Å². The van der Waals surface area contributed by atoms with Crippen LogP contribution >= 0.6 is 0 Å². The van der Waals surface area contributed by atoms with Gasteiger partial charge in [-0.25, -0.2) is 0 Å². The van der Waals surface area contributed by atoms with Crippen LogP contribution in [0.5, 0.6) is 0 Å². The maximum Gasteiger partial charge on any atom is 0.411 e. The van der Waals surface area contributed by atoms with Crippen molar-refractivity contribution in [3.63, 3.8) is 0 Å². The SMILES string of the molecule is OC1CCOCC1C1CCCN1CCOCC(F)(F)F. The number of aliphatic hydroxyl groups excluding tert-OH is 1. The highest BCUT2D eigenvalue weighted by Gasteiger charge is 2.37. The third-order valence-electron chi connectivity index (χ3n) is 4.06. The average molecular weight is 297 g/mol. The number of likely N-dealkylation sites (tertiary alicyclic amines) is 1. The Morgan fingerprint density at radius 2 is 2.10 bits per heavy atom. The summed E-state index contributed by atoms with van der Waals surface area (Å²) < 4.78 is 46.0. The number of halogens is 3. The van der Waals surface area contributed by atoms with Crippen LogP contribution in [-0.2, 0) is 9.47 Å². The first-order valence-corrected chi connectivity index (χ1v) is 7.12. The zero-order chi connectivity index (χ0) is 14.6. The second-order valence-electron chi connectivity index (χ2n) is 5.51. The van der Waals surface area contributed by atoms with Crippen molar-refractivity contribution in [2.75, 3.05) is 39.5 Å². The summed E-state index contributed by atoms with van der Waals surface area (Å²) in [6, 6.07) is 0.194. The summed E-state index contributed by atoms with van der Waals surface area (Å²) in [5, 5.41) is 10.0. The number of nitrogens with zero attached hydrogens (tertiary/aromatic N) is 1. The van der Waals surface area contributed by atoms with Gasteiger partial charge < -0.3 is 14.6 Å². The van der Waals surface area contributed by atoms with Crippen LogP contribution in [0.4, 0.5) is 13.2 Å². The molecule has 2 aliphatic heterocycles. The Hall–Kier alpha value is -0.370. The van der Waals surface area contributed by atoms with Crippen LogP contribution in [0.2, 0.25) is 0 Å². The van der Waals surface area contributed by atoms with Gasteiger partial charge in [-0.15, -0.1) is 0 Å². The van der Waals surface area contributed by atoms with Crippen molar-refractivity contribution in [1.82, 2.24) is 4.90 Å². The van der Waals surface area contributed by atoms with Crippen molar-refractivity contribution < 1.29 is 27.8 Å². The highest BCUT2D eigenvalue weighted by atomic mass is 19.4. The van der Waals surface area contributed by atoms with Gasteiger partial charge in [0.1, 0.15) is 6.61 Å². The van der Waals surface area contributed by atoms with Crippen molar-refractivity contribution in [1.29, 1.82) is 0 Å². The molecule has 7 heteroatoms. The number of rotatable bonds is 5. The molecule has 0 aromatic heterocycles. The van der Waals surface area contributed by atoms with Gasteiger partial charge >= 0.3 is 6.18 Å². The monoisotopic (exact) mass is 297 g/mol. The summed E-state index contributed by atoms with van der Waals surface area (Å²) in [6.07, 6.45) is -2.03. The Morgan fingerprint density at radius 3 is 2.80 bits per heavy atom. The maximum atomic E-state index is 12.0. The van der Waals surface area contributed by atoms with E-state index < -0.39 is 12.8 Å². The van der Waals surface area contributed by atoms with E-state index in [1.54, 1.807) is 0 Å². The molecule has 2 aliphatic rings. The fourth-order valence-electron chi connectivity index (χ4n) is 3.10. The summed E-state index contributed by atoms with van der Waals surface area (Å²) in [5.74, 6) is 0.0638. The molecule has 2 heterocycles. The van der Waals surface area contributed by atoms with Crippen LogP contribution in [0.3, 0.4) is 0 Å². The Bertz CT molecular complexity index is 301. The zero-order valence-electron chi connectivity index (χ0n) is 11.4. The first-order valence-electron chi connectivity index (χ1n) is 7.12. The summed E-state index contributed by atoms with van der Waals surface area (Å²) in [7, 11) is 0. The number of ether oxygens (including phenoxy) is 2. The van der Waals surface area contributed by atoms with Gasteiger partial charge in [-0.1, -0.05) is 0 Å². The molecule has 0 saturated carbocycles. The minimum absolute atomic E-state index is 0.0638.